The number of hydrogen-bond acceptors (Lipinski definition) is 2. The molecule has 0 aliphatic rings. The summed E-state index contributed by atoms with van der Waals surface area (Å²) < 4.78 is 24.2. The van der Waals surface area contributed by atoms with E-state index in [0.29, 0.717) is 10.6 Å². The third-order valence-electron chi connectivity index (χ3n) is 2.06. The predicted octanol–water partition coefficient (Wildman–Crippen LogP) is 2.10. The van der Waals surface area contributed by atoms with Crippen LogP contribution < -0.4 is 0 Å². The molecule has 0 aliphatic heterocycles. The molecule has 0 spiro atoms. The Bertz CT molecular complexity index is 311. The average molecular weight is 230 g/mol. The molecule has 1 unspecified atom stereocenters. The van der Waals surface area contributed by atoms with Crippen LogP contribution in [0.1, 0.15) is 19.3 Å². The van der Waals surface area contributed by atoms with Crippen LogP contribution in [0, 0.1) is 5.82 Å². The fourth-order valence-electron chi connectivity index (χ4n) is 1.23. The van der Waals surface area contributed by atoms with Crippen molar-refractivity contribution in [3.05, 3.63) is 30.1 Å². The molecule has 0 fully saturated rings. The van der Waals surface area contributed by atoms with E-state index in [2.05, 4.69) is 0 Å². The topological polar surface area (TPSA) is 37.3 Å². The van der Waals surface area contributed by atoms with Crippen LogP contribution in [0.25, 0.3) is 0 Å². The van der Waals surface area contributed by atoms with E-state index in [1.165, 1.54) is 12.1 Å². The molecule has 1 rings (SSSR count). The number of halogens is 1. The summed E-state index contributed by atoms with van der Waals surface area (Å²) in [6.07, 6.45) is 2.45. The lowest BCUT2D eigenvalue weighted by Gasteiger charge is -2.01. The van der Waals surface area contributed by atoms with Gasteiger partial charge in [-0.05, 0) is 37.1 Å². The molecule has 4 heteroatoms. The van der Waals surface area contributed by atoms with Gasteiger partial charge in [0.1, 0.15) is 5.82 Å². The molecule has 1 aromatic carbocycles. The molecule has 15 heavy (non-hydrogen) atoms. The molecule has 0 bridgehead atoms. The van der Waals surface area contributed by atoms with E-state index in [0.717, 1.165) is 19.3 Å². The highest BCUT2D eigenvalue weighted by atomic mass is 32.2. The van der Waals surface area contributed by atoms with Gasteiger partial charge in [-0.2, -0.15) is 0 Å². The van der Waals surface area contributed by atoms with E-state index in [1.54, 1.807) is 12.1 Å². The highest BCUT2D eigenvalue weighted by molar-refractivity contribution is 7.85. The molecular weight excluding hydrogens is 215 g/mol. The number of benzene rings is 1. The molecule has 0 aliphatic carbocycles. The fourth-order valence-corrected chi connectivity index (χ4v) is 2.37. The van der Waals surface area contributed by atoms with Gasteiger partial charge in [-0.1, -0.05) is 6.42 Å². The molecule has 0 heterocycles. The van der Waals surface area contributed by atoms with Crippen molar-refractivity contribution in [3.63, 3.8) is 0 Å². The standard InChI is InChI=1S/C11H15FO2S/c12-10-4-6-11(7-5-10)15(14)9-3-1-2-8-13/h4-7,13H,1-3,8-9H2. The third kappa shape index (κ3) is 4.53. The van der Waals surface area contributed by atoms with Crippen molar-refractivity contribution in [3.8, 4) is 0 Å². The minimum atomic E-state index is -1.04. The summed E-state index contributed by atoms with van der Waals surface area (Å²) in [6, 6.07) is 5.75. The molecule has 0 saturated carbocycles. The predicted molar refractivity (Wildman–Crippen MR) is 58.6 cm³/mol. The van der Waals surface area contributed by atoms with Gasteiger partial charge in [0.05, 0.1) is 10.8 Å². The summed E-state index contributed by atoms with van der Waals surface area (Å²) in [5, 5.41) is 8.56. The molecular formula is C11H15FO2S. The first-order valence-electron chi connectivity index (χ1n) is 4.99. The summed E-state index contributed by atoms with van der Waals surface area (Å²) in [5.41, 5.74) is 0. The van der Waals surface area contributed by atoms with E-state index in [-0.39, 0.29) is 12.4 Å². The van der Waals surface area contributed by atoms with Gasteiger partial charge in [-0.15, -0.1) is 0 Å². The summed E-state index contributed by atoms with van der Waals surface area (Å²) in [6.45, 7) is 0.184. The van der Waals surface area contributed by atoms with Crippen LogP contribution in [0.2, 0.25) is 0 Å². The Kier molecular flexibility index (Phi) is 5.50. The third-order valence-corrected chi connectivity index (χ3v) is 3.52. The zero-order valence-corrected chi connectivity index (χ0v) is 9.30. The van der Waals surface area contributed by atoms with Gasteiger partial charge >= 0.3 is 0 Å². The number of aliphatic hydroxyl groups excluding tert-OH is 1. The van der Waals surface area contributed by atoms with Crippen LogP contribution in [-0.4, -0.2) is 21.7 Å². The van der Waals surface area contributed by atoms with E-state index in [4.69, 9.17) is 5.11 Å². The van der Waals surface area contributed by atoms with Crippen LogP contribution >= 0.6 is 0 Å². The Morgan fingerprint density at radius 1 is 1.13 bits per heavy atom. The van der Waals surface area contributed by atoms with Crippen molar-refractivity contribution < 1.29 is 13.7 Å². The number of rotatable bonds is 6. The summed E-state index contributed by atoms with van der Waals surface area (Å²) in [4.78, 5) is 0.667. The second-order valence-electron chi connectivity index (χ2n) is 3.29. The van der Waals surface area contributed by atoms with Crippen LogP contribution in [0.3, 0.4) is 0 Å². The molecule has 84 valence electrons. The molecule has 1 N–H and O–H groups in total. The summed E-state index contributed by atoms with van der Waals surface area (Å²) in [5.74, 6) is 0.266. The molecule has 0 aromatic heterocycles. The van der Waals surface area contributed by atoms with Gasteiger partial charge in [-0.25, -0.2) is 4.39 Å². The maximum atomic E-state index is 12.6. The van der Waals surface area contributed by atoms with Crippen molar-refractivity contribution in [1.29, 1.82) is 0 Å². The molecule has 2 nitrogen and oxygen atoms in total. The lowest BCUT2D eigenvalue weighted by atomic mass is 10.3. The zero-order chi connectivity index (χ0) is 11.1. The minimum absolute atomic E-state index is 0.184. The Balaban J connectivity index is 2.37. The Hall–Kier alpha value is -0.740. The first-order chi connectivity index (χ1) is 7.24. The smallest absolute Gasteiger partial charge is 0.123 e. The minimum Gasteiger partial charge on any atom is -0.396 e. The maximum absolute atomic E-state index is 12.6. The van der Waals surface area contributed by atoms with E-state index in [9.17, 15) is 8.60 Å². The summed E-state index contributed by atoms with van der Waals surface area (Å²) >= 11 is 0. The molecule has 1 atom stereocenters. The fraction of sp³-hybridized carbons (Fsp3) is 0.455. The molecule has 0 saturated heterocycles. The normalized spacial score (nSPS) is 12.7. The van der Waals surface area contributed by atoms with Gasteiger partial charge in [0.2, 0.25) is 0 Å². The van der Waals surface area contributed by atoms with Gasteiger partial charge in [0.15, 0.2) is 0 Å². The lowest BCUT2D eigenvalue weighted by molar-refractivity contribution is 0.284. The lowest BCUT2D eigenvalue weighted by Crippen LogP contribution is -1.98. The highest BCUT2D eigenvalue weighted by Gasteiger charge is 2.03. The summed E-state index contributed by atoms with van der Waals surface area (Å²) in [7, 11) is -1.04. The Labute approximate surface area is 91.6 Å². The Morgan fingerprint density at radius 2 is 1.80 bits per heavy atom. The first-order valence-corrected chi connectivity index (χ1v) is 6.30. The van der Waals surface area contributed by atoms with Crippen molar-refractivity contribution in [2.24, 2.45) is 0 Å². The van der Waals surface area contributed by atoms with E-state index < -0.39 is 10.8 Å². The van der Waals surface area contributed by atoms with Gasteiger partial charge in [0, 0.05) is 17.3 Å². The van der Waals surface area contributed by atoms with E-state index in [1.807, 2.05) is 0 Å². The quantitative estimate of drug-likeness (QED) is 0.760. The second-order valence-corrected chi connectivity index (χ2v) is 4.86. The van der Waals surface area contributed by atoms with Crippen LogP contribution in [0.15, 0.2) is 29.2 Å². The zero-order valence-electron chi connectivity index (χ0n) is 8.49. The second kappa shape index (κ2) is 6.69. The average Bonchev–Trinajstić information content (AvgIpc) is 2.25. The Morgan fingerprint density at radius 3 is 2.40 bits per heavy atom. The number of unbranched alkanes of at least 4 members (excludes halogenated alkanes) is 2. The van der Waals surface area contributed by atoms with Gasteiger partial charge < -0.3 is 5.11 Å². The molecule has 0 radical (unpaired) electrons. The number of hydrogen-bond donors (Lipinski definition) is 1. The SMILES string of the molecule is O=S(CCCCCO)c1ccc(F)cc1. The van der Waals surface area contributed by atoms with Crippen molar-refractivity contribution in [1.82, 2.24) is 0 Å². The van der Waals surface area contributed by atoms with Gasteiger partial charge in [-0.3, -0.25) is 4.21 Å². The van der Waals surface area contributed by atoms with Gasteiger partial charge in [0.25, 0.3) is 0 Å². The number of aliphatic hydroxyl groups is 1. The van der Waals surface area contributed by atoms with Crippen molar-refractivity contribution >= 4 is 10.8 Å². The van der Waals surface area contributed by atoms with Crippen LogP contribution in [-0.2, 0) is 10.8 Å². The van der Waals surface area contributed by atoms with Crippen molar-refractivity contribution in [2.75, 3.05) is 12.4 Å². The largest absolute Gasteiger partial charge is 0.396 e. The van der Waals surface area contributed by atoms with Crippen molar-refractivity contribution in [2.45, 2.75) is 24.2 Å². The first kappa shape index (κ1) is 12.3. The van der Waals surface area contributed by atoms with Crippen LogP contribution in [0.5, 0.6) is 0 Å². The monoisotopic (exact) mass is 230 g/mol. The van der Waals surface area contributed by atoms with E-state index >= 15 is 0 Å². The molecule has 0 amide bonds. The molecule has 1 aromatic rings. The van der Waals surface area contributed by atoms with Crippen LogP contribution in [0.4, 0.5) is 4.39 Å². The highest BCUT2D eigenvalue weighted by Crippen LogP contribution is 2.09. The maximum Gasteiger partial charge on any atom is 0.123 e.